The van der Waals surface area contributed by atoms with E-state index in [1.807, 2.05) is 24.3 Å². The smallest absolute Gasteiger partial charge is 0.433 e. The van der Waals surface area contributed by atoms with Gasteiger partial charge in [-0.15, -0.1) is 5.06 Å². The number of fused-ring (bicyclic) bond motifs is 10. The van der Waals surface area contributed by atoms with Gasteiger partial charge in [0.2, 0.25) is 0 Å². The van der Waals surface area contributed by atoms with Crippen molar-refractivity contribution in [3.05, 3.63) is 24.3 Å². The Hall–Kier alpha value is -3.70. The largest absolute Gasteiger partial charge is 0.533 e. The lowest BCUT2D eigenvalue weighted by Crippen LogP contribution is -2.39. The van der Waals surface area contributed by atoms with Gasteiger partial charge in [0.15, 0.2) is 0 Å². The van der Waals surface area contributed by atoms with E-state index >= 15 is 0 Å². The van der Waals surface area contributed by atoms with E-state index < -0.39 is 59.5 Å². The molecule has 4 aliphatic carbocycles. The molecule has 4 bridgehead atoms. The summed E-state index contributed by atoms with van der Waals surface area (Å²) < 4.78 is 5.00. The van der Waals surface area contributed by atoms with Crippen LogP contribution in [0.25, 0.3) is 0 Å². The SMILES string of the molecule is O=C(NCCCCCCOC(=O)ON1C(=O)C2C3C=CC(C3)C2C1=O)ON1C(=O)C2C3C=CC(C3)C2C1=O. The fourth-order valence-electron chi connectivity index (χ4n) is 7.07. The molecule has 2 heterocycles. The molecule has 1 N–H and O–H groups in total. The normalized spacial score (nSPS) is 35.4. The summed E-state index contributed by atoms with van der Waals surface area (Å²) in [5.74, 6) is -3.45. The summed E-state index contributed by atoms with van der Waals surface area (Å²) in [6.45, 7) is 0.346. The molecule has 202 valence electrons. The minimum absolute atomic E-state index is 0.0277. The van der Waals surface area contributed by atoms with E-state index in [-0.39, 0.29) is 36.8 Å². The van der Waals surface area contributed by atoms with Crippen LogP contribution in [0.1, 0.15) is 38.5 Å². The van der Waals surface area contributed by atoms with Gasteiger partial charge in [-0.1, -0.05) is 35.8 Å². The third-order valence-corrected chi connectivity index (χ3v) is 8.76. The lowest BCUT2D eigenvalue weighted by atomic mass is 9.85. The van der Waals surface area contributed by atoms with E-state index in [1.165, 1.54) is 0 Å². The third kappa shape index (κ3) is 3.97. The lowest BCUT2D eigenvalue weighted by Gasteiger charge is -2.16. The van der Waals surface area contributed by atoms with Crippen molar-refractivity contribution in [3.8, 4) is 0 Å². The van der Waals surface area contributed by atoms with Gasteiger partial charge in [0.1, 0.15) is 0 Å². The number of carbonyl (C=O) groups excluding carboxylic acids is 6. The van der Waals surface area contributed by atoms with E-state index in [2.05, 4.69) is 5.32 Å². The number of hydrogen-bond acceptors (Lipinski definition) is 9. The number of imide groups is 2. The predicted octanol–water partition coefficient (Wildman–Crippen LogP) is 1.87. The highest BCUT2D eigenvalue weighted by Gasteiger charge is 2.62. The molecule has 0 radical (unpaired) electrons. The maximum Gasteiger partial charge on any atom is 0.533 e. The van der Waals surface area contributed by atoms with E-state index in [1.54, 1.807) is 0 Å². The summed E-state index contributed by atoms with van der Waals surface area (Å²) in [6, 6.07) is 0. The van der Waals surface area contributed by atoms with Crippen LogP contribution in [0.5, 0.6) is 0 Å². The van der Waals surface area contributed by atoms with Crippen LogP contribution in [0.15, 0.2) is 24.3 Å². The zero-order valence-corrected chi connectivity index (χ0v) is 20.7. The van der Waals surface area contributed by atoms with Gasteiger partial charge in [-0.05, 0) is 55.8 Å². The standard InChI is InChI=1S/C26H29N3O9/c30-21-17-13-5-6-14(11-13)18(17)22(31)28(21)37-25(34)27-9-3-1-2-4-10-36-26(35)38-29-23(32)19-15-7-8-16(12-15)20(19)24(29)33/h5-8,13-20H,1-4,9-12H2,(H,27,34). The van der Waals surface area contributed by atoms with Crippen LogP contribution in [0.3, 0.4) is 0 Å². The number of nitrogens with one attached hydrogen (secondary N) is 1. The molecular formula is C26H29N3O9. The zero-order valence-electron chi connectivity index (χ0n) is 20.7. The summed E-state index contributed by atoms with van der Waals surface area (Å²) in [4.78, 5) is 84.0. The van der Waals surface area contributed by atoms with Crippen LogP contribution >= 0.6 is 0 Å². The quantitative estimate of drug-likeness (QED) is 0.205. The Labute approximate surface area is 218 Å². The Kier molecular flexibility index (Phi) is 6.19. The number of hydrogen-bond donors (Lipinski definition) is 1. The van der Waals surface area contributed by atoms with Crippen LogP contribution in [0.4, 0.5) is 9.59 Å². The first kappa shape index (κ1) is 24.6. The molecular weight excluding hydrogens is 498 g/mol. The van der Waals surface area contributed by atoms with E-state index in [4.69, 9.17) is 14.4 Å². The summed E-state index contributed by atoms with van der Waals surface area (Å²) in [7, 11) is 0. The highest BCUT2D eigenvalue weighted by Crippen LogP contribution is 2.53. The molecule has 0 aromatic heterocycles. The molecule has 5 amide bonds. The number of ether oxygens (including phenoxy) is 1. The van der Waals surface area contributed by atoms with Crippen LogP contribution in [-0.4, -0.2) is 59.2 Å². The molecule has 0 aromatic rings. The van der Waals surface area contributed by atoms with Crippen LogP contribution in [0.2, 0.25) is 0 Å². The first-order chi connectivity index (χ1) is 18.3. The number of rotatable bonds is 9. The summed E-state index contributed by atoms with van der Waals surface area (Å²) in [5.41, 5.74) is 0. The molecule has 2 saturated carbocycles. The van der Waals surface area contributed by atoms with Gasteiger partial charge in [0.25, 0.3) is 23.6 Å². The molecule has 0 spiro atoms. The first-order valence-corrected chi connectivity index (χ1v) is 13.3. The van der Waals surface area contributed by atoms with E-state index in [0.29, 0.717) is 35.8 Å². The number of nitrogens with zero attached hydrogens (tertiary/aromatic N) is 2. The highest BCUT2D eigenvalue weighted by atomic mass is 16.8. The lowest BCUT2D eigenvalue weighted by molar-refractivity contribution is -0.179. The second-order valence-electron chi connectivity index (χ2n) is 10.9. The average molecular weight is 528 g/mol. The second kappa shape index (κ2) is 9.55. The predicted molar refractivity (Wildman–Crippen MR) is 125 cm³/mol. The van der Waals surface area contributed by atoms with Gasteiger partial charge < -0.3 is 14.9 Å². The molecule has 8 unspecified atom stereocenters. The Morgan fingerprint density at radius 3 is 1.63 bits per heavy atom. The molecule has 4 fully saturated rings. The maximum atomic E-state index is 12.5. The van der Waals surface area contributed by atoms with Crippen LogP contribution in [-0.2, 0) is 33.6 Å². The monoisotopic (exact) mass is 527 g/mol. The van der Waals surface area contributed by atoms with Gasteiger partial charge in [-0.2, -0.15) is 0 Å². The zero-order chi connectivity index (χ0) is 26.6. The van der Waals surface area contributed by atoms with Crippen molar-refractivity contribution in [2.24, 2.45) is 47.3 Å². The van der Waals surface area contributed by atoms with Crippen molar-refractivity contribution in [3.63, 3.8) is 0 Å². The number of unbranched alkanes of at least 4 members (excludes halogenated alkanes) is 3. The van der Waals surface area contributed by atoms with Gasteiger partial charge >= 0.3 is 12.2 Å². The van der Waals surface area contributed by atoms with Gasteiger partial charge in [0, 0.05) is 6.54 Å². The minimum Gasteiger partial charge on any atom is -0.433 e. The number of hydroxylamine groups is 4. The van der Waals surface area contributed by atoms with Crippen molar-refractivity contribution in [1.29, 1.82) is 0 Å². The van der Waals surface area contributed by atoms with Crippen molar-refractivity contribution < 1.29 is 43.2 Å². The average Bonchev–Trinajstić information content (AvgIpc) is 3.74. The van der Waals surface area contributed by atoms with Gasteiger partial charge in [-0.3, -0.25) is 24.0 Å². The molecule has 38 heavy (non-hydrogen) atoms. The highest BCUT2D eigenvalue weighted by molar-refractivity contribution is 6.06. The van der Waals surface area contributed by atoms with E-state index in [0.717, 1.165) is 12.8 Å². The number of allylic oxidation sites excluding steroid dienone is 4. The number of carbonyl (C=O) groups is 6. The molecule has 2 aliphatic heterocycles. The molecule has 6 rings (SSSR count). The van der Waals surface area contributed by atoms with E-state index in [9.17, 15) is 28.8 Å². The topological polar surface area (TPSA) is 149 Å². The summed E-state index contributed by atoms with van der Waals surface area (Å²) in [6.07, 6.45) is 10.0. The van der Waals surface area contributed by atoms with Crippen LogP contribution < -0.4 is 5.32 Å². The second-order valence-corrected chi connectivity index (χ2v) is 10.9. The Morgan fingerprint density at radius 2 is 1.13 bits per heavy atom. The maximum absolute atomic E-state index is 12.5. The molecule has 8 atom stereocenters. The van der Waals surface area contributed by atoms with Crippen molar-refractivity contribution in [1.82, 2.24) is 15.4 Å². The van der Waals surface area contributed by atoms with Crippen molar-refractivity contribution in [2.75, 3.05) is 13.2 Å². The van der Waals surface area contributed by atoms with Crippen LogP contribution in [0, 0.1) is 47.3 Å². The fraction of sp³-hybridized carbons (Fsp3) is 0.615. The van der Waals surface area contributed by atoms with Gasteiger partial charge in [-0.25, -0.2) is 9.59 Å². The molecule has 12 heteroatoms. The van der Waals surface area contributed by atoms with Crippen molar-refractivity contribution in [2.45, 2.75) is 38.5 Å². The molecule has 12 nitrogen and oxygen atoms in total. The molecule has 2 saturated heterocycles. The number of amides is 5. The first-order valence-electron chi connectivity index (χ1n) is 13.3. The van der Waals surface area contributed by atoms with Gasteiger partial charge in [0.05, 0.1) is 30.3 Å². The Morgan fingerprint density at radius 1 is 0.684 bits per heavy atom. The molecule has 6 aliphatic rings. The Balaban J connectivity index is 0.824. The fourth-order valence-corrected chi connectivity index (χ4v) is 7.07. The Bertz CT molecular complexity index is 1000. The van der Waals surface area contributed by atoms with Crippen molar-refractivity contribution >= 4 is 35.9 Å². The summed E-state index contributed by atoms with van der Waals surface area (Å²) >= 11 is 0. The molecule has 0 aromatic carbocycles. The minimum atomic E-state index is -1.09. The summed E-state index contributed by atoms with van der Waals surface area (Å²) in [5, 5.41) is 3.71. The third-order valence-electron chi connectivity index (χ3n) is 8.76.